The highest BCUT2D eigenvalue weighted by atomic mass is 32.2. The zero-order valence-electron chi connectivity index (χ0n) is 12.0. The summed E-state index contributed by atoms with van der Waals surface area (Å²) in [6, 6.07) is 10.2. The van der Waals surface area contributed by atoms with Crippen LogP contribution < -0.4 is 0 Å². The molecule has 1 heterocycles. The van der Waals surface area contributed by atoms with E-state index in [4.69, 9.17) is 0 Å². The van der Waals surface area contributed by atoms with Crippen molar-refractivity contribution in [3.8, 4) is 0 Å². The quantitative estimate of drug-likeness (QED) is 0.868. The van der Waals surface area contributed by atoms with Gasteiger partial charge in [0.05, 0.1) is 5.60 Å². The summed E-state index contributed by atoms with van der Waals surface area (Å²) < 4.78 is 0. The average Bonchev–Trinajstić information content (AvgIpc) is 2.61. The van der Waals surface area contributed by atoms with E-state index < -0.39 is 5.60 Å². The van der Waals surface area contributed by atoms with Gasteiger partial charge in [-0.05, 0) is 38.3 Å². The Balaban J connectivity index is 1.74. The van der Waals surface area contributed by atoms with Crippen LogP contribution >= 0.6 is 11.8 Å². The summed E-state index contributed by atoms with van der Waals surface area (Å²) in [4.78, 5) is 15.3. The molecule has 2 rings (SSSR count). The molecule has 1 aromatic rings. The molecule has 1 amide bonds. The summed E-state index contributed by atoms with van der Waals surface area (Å²) in [7, 11) is 0. The van der Waals surface area contributed by atoms with Crippen LogP contribution in [0.2, 0.25) is 0 Å². The second-order valence-corrected chi connectivity index (χ2v) is 6.81. The molecule has 0 saturated carbocycles. The van der Waals surface area contributed by atoms with Gasteiger partial charge in [0, 0.05) is 30.2 Å². The lowest BCUT2D eigenvalue weighted by Crippen LogP contribution is -2.33. The van der Waals surface area contributed by atoms with Gasteiger partial charge in [-0.3, -0.25) is 4.79 Å². The lowest BCUT2D eigenvalue weighted by Gasteiger charge is -2.22. The van der Waals surface area contributed by atoms with Crippen LogP contribution in [-0.2, 0) is 4.79 Å². The maximum Gasteiger partial charge on any atom is 0.223 e. The first kappa shape index (κ1) is 15.4. The maximum absolute atomic E-state index is 12.2. The van der Waals surface area contributed by atoms with E-state index in [1.165, 1.54) is 4.90 Å². The first-order valence-corrected chi connectivity index (χ1v) is 8.23. The highest BCUT2D eigenvalue weighted by Crippen LogP contribution is 2.23. The zero-order valence-corrected chi connectivity index (χ0v) is 12.9. The molecule has 1 aromatic carbocycles. The monoisotopic (exact) mass is 293 g/mol. The molecule has 1 N–H and O–H groups in total. The van der Waals surface area contributed by atoms with Gasteiger partial charge in [-0.1, -0.05) is 18.2 Å². The fraction of sp³-hybridized carbons (Fsp3) is 0.562. The molecule has 0 aliphatic carbocycles. The van der Waals surface area contributed by atoms with Crippen molar-refractivity contribution >= 4 is 17.7 Å². The molecule has 20 heavy (non-hydrogen) atoms. The number of aliphatic hydroxyl groups is 1. The number of rotatable bonds is 4. The summed E-state index contributed by atoms with van der Waals surface area (Å²) >= 11 is 1.72. The van der Waals surface area contributed by atoms with E-state index in [1.54, 1.807) is 11.8 Å². The number of hydrogen-bond acceptors (Lipinski definition) is 3. The summed E-state index contributed by atoms with van der Waals surface area (Å²) in [6.07, 6.45) is 2.94. The fourth-order valence-corrected chi connectivity index (χ4v) is 3.31. The van der Waals surface area contributed by atoms with E-state index in [-0.39, 0.29) is 5.91 Å². The summed E-state index contributed by atoms with van der Waals surface area (Å²) in [5.41, 5.74) is -0.603. The van der Waals surface area contributed by atoms with Crippen LogP contribution in [0.15, 0.2) is 35.2 Å². The van der Waals surface area contributed by atoms with Crippen LogP contribution in [-0.4, -0.2) is 40.4 Å². The number of thioether (sulfide) groups is 1. The second kappa shape index (κ2) is 7.14. The van der Waals surface area contributed by atoms with Gasteiger partial charge in [-0.25, -0.2) is 0 Å². The SMILES string of the molecule is CC1(O)CCCN(C(=O)CCSc2ccccc2)CC1. The normalized spacial score (nSPS) is 23.4. The maximum atomic E-state index is 12.2. The van der Waals surface area contributed by atoms with Crippen molar-refractivity contribution in [3.63, 3.8) is 0 Å². The fourth-order valence-electron chi connectivity index (χ4n) is 2.44. The van der Waals surface area contributed by atoms with E-state index >= 15 is 0 Å². The van der Waals surface area contributed by atoms with Gasteiger partial charge in [0.2, 0.25) is 5.91 Å². The highest BCUT2D eigenvalue weighted by Gasteiger charge is 2.26. The van der Waals surface area contributed by atoms with Gasteiger partial charge in [-0.15, -0.1) is 11.8 Å². The topological polar surface area (TPSA) is 40.5 Å². The second-order valence-electron chi connectivity index (χ2n) is 5.64. The Kier molecular flexibility index (Phi) is 5.49. The molecule has 1 saturated heterocycles. The largest absolute Gasteiger partial charge is 0.390 e. The molecule has 1 atom stereocenters. The van der Waals surface area contributed by atoms with E-state index in [0.29, 0.717) is 19.4 Å². The molecule has 0 radical (unpaired) electrons. The van der Waals surface area contributed by atoms with Gasteiger partial charge < -0.3 is 10.0 Å². The number of nitrogens with zero attached hydrogens (tertiary/aromatic N) is 1. The van der Waals surface area contributed by atoms with Crippen molar-refractivity contribution in [2.45, 2.75) is 43.1 Å². The summed E-state index contributed by atoms with van der Waals surface area (Å²) in [5, 5.41) is 10.0. The van der Waals surface area contributed by atoms with Gasteiger partial charge in [-0.2, -0.15) is 0 Å². The van der Waals surface area contributed by atoms with Crippen molar-refractivity contribution in [1.82, 2.24) is 4.90 Å². The number of benzene rings is 1. The van der Waals surface area contributed by atoms with E-state index in [9.17, 15) is 9.90 Å². The van der Waals surface area contributed by atoms with Crippen LogP contribution in [0.25, 0.3) is 0 Å². The average molecular weight is 293 g/mol. The van der Waals surface area contributed by atoms with Crippen molar-refractivity contribution in [2.75, 3.05) is 18.8 Å². The molecular formula is C16H23NO2S. The Morgan fingerprint density at radius 3 is 2.80 bits per heavy atom. The Morgan fingerprint density at radius 2 is 2.05 bits per heavy atom. The predicted octanol–water partition coefficient (Wildman–Crippen LogP) is 2.93. The molecule has 1 unspecified atom stereocenters. The zero-order chi connectivity index (χ0) is 14.4. The molecule has 1 aliphatic heterocycles. The number of likely N-dealkylation sites (tertiary alicyclic amines) is 1. The lowest BCUT2D eigenvalue weighted by molar-refractivity contribution is -0.130. The first-order valence-electron chi connectivity index (χ1n) is 7.25. The molecule has 3 nitrogen and oxygen atoms in total. The van der Waals surface area contributed by atoms with Crippen molar-refractivity contribution in [3.05, 3.63) is 30.3 Å². The van der Waals surface area contributed by atoms with Gasteiger partial charge in [0.1, 0.15) is 0 Å². The van der Waals surface area contributed by atoms with Gasteiger partial charge in [0.25, 0.3) is 0 Å². The van der Waals surface area contributed by atoms with Crippen LogP contribution in [0.3, 0.4) is 0 Å². The molecule has 4 heteroatoms. The van der Waals surface area contributed by atoms with Crippen molar-refractivity contribution in [1.29, 1.82) is 0 Å². The van der Waals surface area contributed by atoms with Crippen molar-refractivity contribution in [2.24, 2.45) is 0 Å². The van der Waals surface area contributed by atoms with E-state index in [2.05, 4.69) is 12.1 Å². The van der Waals surface area contributed by atoms with Gasteiger partial charge >= 0.3 is 0 Å². The molecule has 110 valence electrons. The number of carbonyl (C=O) groups excluding carboxylic acids is 1. The molecule has 1 fully saturated rings. The summed E-state index contributed by atoms with van der Waals surface area (Å²) in [5.74, 6) is 1.03. The third kappa shape index (κ3) is 4.84. The molecule has 1 aliphatic rings. The minimum absolute atomic E-state index is 0.214. The van der Waals surface area contributed by atoms with Crippen molar-refractivity contribution < 1.29 is 9.90 Å². The minimum Gasteiger partial charge on any atom is -0.390 e. The van der Waals surface area contributed by atoms with Crippen LogP contribution in [0, 0.1) is 0 Å². The summed E-state index contributed by atoms with van der Waals surface area (Å²) in [6.45, 7) is 3.33. The van der Waals surface area contributed by atoms with Crippen LogP contribution in [0.1, 0.15) is 32.6 Å². The third-order valence-corrected chi connectivity index (χ3v) is 4.76. The highest BCUT2D eigenvalue weighted by molar-refractivity contribution is 7.99. The minimum atomic E-state index is -0.603. The van der Waals surface area contributed by atoms with Gasteiger partial charge in [0.15, 0.2) is 0 Å². The Morgan fingerprint density at radius 1 is 1.30 bits per heavy atom. The molecule has 0 aromatic heterocycles. The molecule has 0 spiro atoms. The molecular weight excluding hydrogens is 270 g/mol. The number of hydrogen-bond donors (Lipinski definition) is 1. The lowest BCUT2D eigenvalue weighted by atomic mass is 9.98. The predicted molar refractivity (Wildman–Crippen MR) is 82.8 cm³/mol. The Bertz CT molecular complexity index is 433. The number of amides is 1. The third-order valence-electron chi connectivity index (χ3n) is 3.74. The van der Waals surface area contributed by atoms with E-state index in [0.717, 1.165) is 25.1 Å². The smallest absolute Gasteiger partial charge is 0.223 e. The Labute approximate surface area is 125 Å². The standard InChI is InChI=1S/C16H23NO2S/c1-16(19)9-5-11-17(12-10-16)15(18)8-13-20-14-6-3-2-4-7-14/h2-4,6-7,19H,5,8-13H2,1H3. The Hall–Kier alpha value is -1.00. The van der Waals surface area contributed by atoms with Crippen LogP contribution in [0.4, 0.5) is 0 Å². The number of carbonyl (C=O) groups is 1. The van der Waals surface area contributed by atoms with E-state index in [1.807, 2.05) is 30.0 Å². The molecule has 0 bridgehead atoms. The van der Waals surface area contributed by atoms with Crippen LogP contribution in [0.5, 0.6) is 0 Å². The first-order chi connectivity index (χ1) is 9.57.